The van der Waals surface area contributed by atoms with Gasteiger partial charge in [0.05, 0.1) is 22.3 Å². The van der Waals surface area contributed by atoms with Crippen LogP contribution in [-0.4, -0.2) is 18.9 Å². The number of pyridine rings is 1. The molecule has 3 heterocycles. The SMILES string of the molecule is Cc1cccc2nc(CSc3nc4ccc(Cl)cc4c(=O)n3-c3ccc(F)cc3F)cc(=O)n12. The van der Waals surface area contributed by atoms with Crippen LogP contribution in [0.2, 0.25) is 5.02 Å². The first-order valence-corrected chi connectivity index (χ1v) is 11.5. The lowest BCUT2D eigenvalue weighted by molar-refractivity contribution is 0.572. The lowest BCUT2D eigenvalue weighted by atomic mass is 10.2. The number of thioether (sulfide) groups is 1. The summed E-state index contributed by atoms with van der Waals surface area (Å²) in [6, 6.07) is 14.3. The number of hydrogen-bond acceptors (Lipinski definition) is 5. The summed E-state index contributed by atoms with van der Waals surface area (Å²) in [7, 11) is 0. The number of nitrogens with zero attached hydrogens (tertiary/aromatic N) is 4. The zero-order chi connectivity index (χ0) is 24.0. The third kappa shape index (κ3) is 3.97. The summed E-state index contributed by atoms with van der Waals surface area (Å²) in [6.07, 6.45) is 0. The second-order valence-electron chi connectivity index (χ2n) is 7.53. The molecule has 0 fully saturated rings. The van der Waals surface area contributed by atoms with Crippen LogP contribution >= 0.6 is 23.4 Å². The van der Waals surface area contributed by atoms with Gasteiger partial charge in [-0.25, -0.2) is 18.7 Å². The first-order chi connectivity index (χ1) is 16.3. The van der Waals surface area contributed by atoms with E-state index in [1.165, 1.54) is 22.6 Å². The van der Waals surface area contributed by atoms with E-state index < -0.39 is 17.2 Å². The Morgan fingerprint density at radius 3 is 2.62 bits per heavy atom. The normalized spacial score (nSPS) is 11.4. The minimum atomic E-state index is -0.912. The molecule has 0 aliphatic carbocycles. The van der Waals surface area contributed by atoms with Gasteiger partial charge in [0.2, 0.25) is 0 Å². The molecular formula is C24H15ClF2N4O2S. The summed E-state index contributed by atoms with van der Waals surface area (Å²) in [6.45, 7) is 1.81. The van der Waals surface area contributed by atoms with Crippen molar-refractivity contribution in [1.29, 1.82) is 0 Å². The molecule has 3 aromatic heterocycles. The smallest absolute Gasteiger partial charge is 0.266 e. The molecule has 0 saturated heterocycles. The molecule has 0 atom stereocenters. The predicted molar refractivity (Wildman–Crippen MR) is 128 cm³/mol. The van der Waals surface area contributed by atoms with Crippen LogP contribution in [0.5, 0.6) is 0 Å². The molecule has 0 spiro atoms. The third-order valence-corrected chi connectivity index (χ3v) is 6.44. The Hall–Kier alpha value is -3.56. The molecule has 0 aliphatic rings. The molecule has 170 valence electrons. The van der Waals surface area contributed by atoms with Crippen LogP contribution in [0.3, 0.4) is 0 Å². The molecule has 0 amide bonds. The number of aryl methyl sites for hydroxylation is 1. The van der Waals surface area contributed by atoms with Crippen LogP contribution in [0.25, 0.3) is 22.2 Å². The predicted octanol–water partition coefficient (Wildman–Crippen LogP) is 4.93. The van der Waals surface area contributed by atoms with Gasteiger partial charge in [0.15, 0.2) is 5.16 Å². The van der Waals surface area contributed by atoms with Crippen molar-refractivity contribution in [1.82, 2.24) is 18.9 Å². The van der Waals surface area contributed by atoms with E-state index in [0.29, 0.717) is 27.9 Å². The van der Waals surface area contributed by atoms with Gasteiger partial charge in [-0.1, -0.05) is 29.4 Å². The van der Waals surface area contributed by atoms with Gasteiger partial charge in [0.25, 0.3) is 11.1 Å². The Morgan fingerprint density at radius 2 is 1.82 bits per heavy atom. The molecule has 34 heavy (non-hydrogen) atoms. The quantitative estimate of drug-likeness (QED) is 0.261. The Bertz CT molecular complexity index is 1720. The maximum atomic E-state index is 14.7. The van der Waals surface area contributed by atoms with Crippen molar-refractivity contribution in [2.75, 3.05) is 0 Å². The fourth-order valence-electron chi connectivity index (χ4n) is 3.69. The summed E-state index contributed by atoms with van der Waals surface area (Å²) in [5.41, 5.74) is 1.15. The topological polar surface area (TPSA) is 69.3 Å². The van der Waals surface area contributed by atoms with E-state index in [1.54, 1.807) is 24.3 Å². The highest BCUT2D eigenvalue weighted by atomic mass is 35.5. The second-order valence-corrected chi connectivity index (χ2v) is 8.91. The number of hydrogen-bond donors (Lipinski definition) is 0. The van der Waals surface area contributed by atoms with Crippen molar-refractivity contribution in [3.05, 3.63) is 109 Å². The monoisotopic (exact) mass is 496 g/mol. The lowest BCUT2D eigenvalue weighted by Gasteiger charge is -2.14. The van der Waals surface area contributed by atoms with Crippen molar-refractivity contribution in [2.45, 2.75) is 17.8 Å². The zero-order valence-corrected chi connectivity index (χ0v) is 19.2. The molecule has 0 N–H and O–H groups in total. The first kappa shape index (κ1) is 22.2. The van der Waals surface area contributed by atoms with Gasteiger partial charge < -0.3 is 0 Å². The number of aromatic nitrogens is 4. The van der Waals surface area contributed by atoms with Crippen molar-refractivity contribution < 1.29 is 8.78 Å². The zero-order valence-electron chi connectivity index (χ0n) is 17.6. The van der Waals surface area contributed by atoms with Crippen LogP contribution in [-0.2, 0) is 5.75 Å². The van der Waals surface area contributed by atoms with E-state index in [2.05, 4.69) is 9.97 Å². The molecule has 0 aliphatic heterocycles. The Balaban J connectivity index is 1.64. The van der Waals surface area contributed by atoms with Gasteiger partial charge >= 0.3 is 0 Å². The first-order valence-electron chi connectivity index (χ1n) is 10.1. The molecule has 5 rings (SSSR count). The van der Waals surface area contributed by atoms with Crippen molar-refractivity contribution in [3.8, 4) is 5.69 Å². The summed E-state index contributed by atoms with van der Waals surface area (Å²) in [4.78, 5) is 35.0. The van der Waals surface area contributed by atoms with Crippen LogP contribution in [0.1, 0.15) is 11.4 Å². The summed E-state index contributed by atoms with van der Waals surface area (Å²) >= 11 is 7.16. The van der Waals surface area contributed by atoms with E-state index in [9.17, 15) is 18.4 Å². The van der Waals surface area contributed by atoms with E-state index in [-0.39, 0.29) is 27.5 Å². The fraction of sp³-hybridized carbons (Fsp3) is 0.0833. The van der Waals surface area contributed by atoms with Crippen molar-refractivity contribution in [2.24, 2.45) is 0 Å². The average molecular weight is 497 g/mol. The Morgan fingerprint density at radius 1 is 1.00 bits per heavy atom. The molecule has 10 heteroatoms. The van der Waals surface area contributed by atoms with Crippen molar-refractivity contribution in [3.63, 3.8) is 0 Å². The van der Waals surface area contributed by atoms with Gasteiger partial charge in [-0.2, -0.15) is 0 Å². The molecule has 6 nitrogen and oxygen atoms in total. The summed E-state index contributed by atoms with van der Waals surface area (Å²) in [5.74, 6) is -1.49. The maximum Gasteiger partial charge on any atom is 0.266 e. The third-order valence-electron chi connectivity index (χ3n) is 5.23. The highest BCUT2D eigenvalue weighted by Crippen LogP contribution is 2.26. The molecule has 0 radical (unpaired) electrons. The van der Waals surface area contributed by atoms with Gasteiger partial charge in [-0.3, -0.25) is 18.6 Å². The molecule has 2 aromatic carbocycles. The Kier molecular flexibility index (Phi) is 5.66. The summed E-state index contributed by atoms with van der Waals surface area (Å²) in [5, 5.41) is 0.684. The molecule has 0 bridgehead atoms. The number of benzene rings is 2. The van der Waals surface area contributed by atoms with Gasteiger partial charge in [-0.05, 0) is 49.4 Å². The minimum Gasteiger partial charge on any atom is -0.269 e. The van der Waals surface area contributed by atoms with E-state index >= 15 is 0 Å². The van der Waals surface area contributed by atoms with E-state index in [0.717, 1.165) is 28.1 Å². The molecule has 0 unspecified atom stereocenters. The number of fused-ring (bicyclic) bond motifs is 2. The van der Waals surface area contributed by atoms with Gasteiger partial charge in [-0.15, -0.1) is 0 Å². The van der Waals surface area contributed by atoms with Crippen LogP contribution < -0.4 is 11.1 Å². The Labute approximate surface area is 200 Å². The lowest BCUT2D eigenvalue weighted by Crippen LogP contribution is -2.23. The number of rotatable bonds is 4. The largest absolute Gasteiger partial charge is 0.269 e. The molecule has 0 saturated carbocycles. The van der Waals surface area contributed by atoms with Gasteiger partial charge in [0.1, 0.15) is 17.3 Å². The van der Waals surface area contributed by atoms with E-state index in [4.69, 9.17) is 11.6 Å². The molecule has 5 aromatic rings. The standard InChI is InChI=1S/C24H15ClF2N4O2S/c1-13-3-2-4-21-28-16(11-22(32)30(13)21)12-34-24-29-19-7-5-14(25)9-17(19)23(33)31(24)20-8-6-15(26)10-18(20)27/h2-11H,12H2,1H3. The highest BCUT2D eigenvalue weighted by molar-refractivity contribution is 7.98. The molecular weight excluding hydrogens is 482 g/mol. The summed E-state index contributed by atoms with van der Waals surface area (Å²) < 4.78 is 30.8. The number of halogens is 3. The van der Waals surface area contributed by atoms with Crippen LogP contribution in [0.4, 0.5) is 8.78 Å². The fourth-order valence-corrected chi connectivity index (χ4v) is 4.76. The van der Waals surface area contributed by atoms with Crippen LogP contribution in [0.15, 0.2) is 75.4 Å². The van der Waals surface area contributed by atoms with E-state index in [1.807, 2.05) is 13.0 Å². The van der Waals surface area contributed by atoms with Crippen molar-refractivity contribution >= 4 is 39.9 Å². The minimum absolute atomic E-state index is 0.148. The highest BCUT2D eigenvalue weighted by Gasteiger charge is 2.18. The van der Waals surface area contributed by atoms with Crippen LogP contribution in [0, 0.1) is 18.6 Å². The second kappa shape index (κ2) is 8.66. The maximum absolute atomic E-state index is 14.7. The average Bonchev–Trinajstić information content (AvgIpc) is 2.79. The van der Waals surface area contributed by atoms with Gasteiger partial charge in [0, 0.05) is 28.6 Å².